The number of aryl methyl sites for hydroxylation is 1. The van der Waals surface area contributed by atoms with Crippen LogP contribution in [-0.2, 0) is 6.42 Å². The van der Waals surface area contributed by atoms with E-state index < -0.39 is 0 Å². The Labute approximate surface area is 196 Å². The predicted octanol–water partition coefficient (Wildman–Crippen LogP) is 3.87. The maximum absolute atomic E-state index is 13.8. The summed E-state index contributed by atoms with van der Waals surface area (Å²) in [6.45, 7) is 4.38. The quantitative estimate of drug-likeness (QED) is 0.422. The number of benzene rings is 2. The smallest absolute Gasteiger partial charge is 0.252 e. The van der Waals surface area contributed by atoms with E-state index in [1.54, 1.807) is 12.1 Å². The van der Waals surface area contributed by atoms with E-state index in [1.165, 1.54) is 18.5 Å². The molecule has 2 heterocycles. The van der Waals surface area contributed by atoms with Crippen molar-refractivity contribution in [1.29, 1.82) is 5.26 Å². The third-order valence-corrected chi connectivity index (χ3v) is 5.00. The Kier molecular flexibility index (Phi) is 7.67. The van der Waals surface area contributed by atoms with E-state index in [0.29, 0.717) is 29.4 Å². The predicted molar refractivity (Wildman–Crippen MR) is 130 cm³/mol. The summed E-state index contributed by atoms with van der Waals surface area (Å²) in [5.41, 5.74) is 14.3. The monoisotopic (exact) mass is 457 g/mol. The Morgan fingerprint density at radius 1 is 1.09 bits per heavy atom. The van der Waals surface area contributed by atoms with Crippen LogP contribution in [0.2, 0.25) is 0 Å². The van der Waals surface area contributed by atoms with Crippen molar-refractivity contribution in [3.63, 3.8) is 0 Å². The molecule has 0 aliphatic carbocycles. The third-order valence-electron chi connectivity index (χ3n) is 5.00. The molecule has 0 radical (unpaired) electrons. The van der Waals surface area contributed by atoms with E-state index in [2.05, 4.69) is 20.3 Å². The average Bonchev–Trinajstić information content (AvgIpc) is 2.84. The molecule has 0 atom stereocenters. The number of hydrogen-bond acceptors (Lipinski definition) is 7. The van der Waals surface area contributed by atoms with Gasteiger partial charge in [0, 0.05) is 23.2 Å². The molecule has 9 heteroatoms. The second-order valence-electron chi connectivity index (χ2n) is 7.18. The fourth-order valence-corrected chi connectivity index (χ4v) is 3.47. The van der Waals surface area contributed by atoms with Crippen molar-refractivity contribution < 1.29 is 9.18 Å². The van der Waals surface area contributed by atoms with Crippen molar-refractivity contribution >= 4 is 28.4 Å². The van der Waals surface area contributed by atoms with E-state index in [1.807, 2.05) is 44.2 Å². The lowest BCUT2D eigenvalue weighted by Crippen LogP contribution is -2.24. The SMILES string of the molecule is CCNC(=O)c1c(-c2ccccc2)c(CC)nc2ccc(F)cc12.N#Cc1c(N)ncnc1N. The third kappa shape index (κ3) is 5.07. The highest BCUT2D eigenvalue weighted by atomic mass is 19.1. The number of anilines is 2. The minimum absolute atomic E-state index is 0.120. The number of nitrogens with two attached hydrogens (primary N) is 2. The molecule has 0 fully saturated rings. The molecule has 0 unspecified atom stereocenters. The second-order valence-corrected chi connectivity index (χ2v) is 7.18. The van der Waals surface area contributed by atoms with Crippen molar-refractivity contribution in [3.05, 3.63) is 77.5 Å². The number of hydrogen-bond donors (Lipinski definition) is 3. The molecular weight excluding hydrogens is 433 g/mol. The molecule has 1 amide bonds. The zero-order chi connectivity index (χ0) is 24.7. The van der Waals surface area contributed by atoms with Gasteiger partial charge in [-0.2, -0.15) is 5.26 Å². The van der Waals surface area contributed by atoms with Gasteiger partial charge in [-0.15, -0.1) is 0 Å². The van der Waals surface area contributed by atoms with Gasteiger partial charge in [0.15, 0.2) is 0 Å². The zero-order valence-electron chi connectivity index (χ0n) is 18.8. The van der Waals surface area contributed by atoms with Gasteiger partial charge in [0.2, 0.25) is 0 Å². The van der Waals surface area contributed by atoms with Gasteiger partial charge in [-0.05, 0) is 37.1 Å². The van der Waals surface area contributed by atoms with Crippen LogP contribution in [0.25, 0.3) is 22.0 Å². The summed E-state index contributed by atoms with van der Waals surface area (Å²) < 4.78 is 13.8. The summed E-state index contributed by atoms with van der Waals surface area (Å²) >= 11 is 0. The van der Waals surface area contributed by atoms with E-state index in [4.69, 9.17) is 16.7 Å². The molecule has 8 nitrogen and oxygen atoms in total. The number of amides is 1. The van der Waals surface area contributed by atoms with Gasteiger partial charge in [-0.25, -0.2) is 14.4 Å². The maximum Gasteiger partial charge on any atom is 0.252 e. The summed E-state index contributed by atoms with van der Waals surface area (Å²) in [6.07, 6.45) is 1.90. The summed E-state index contributed by atoms with van der Waals surface area (Å²) in [4.78, 5) is 24.6. The minimum Gasteiger partial charge on any atom is -0.382 e. The molecule has 5 N–H and O–H groups in total. The number of pyridine rings is 1. The highest BCUT2D eigenvalue weighted by molar-refractivity contribution is 6.12. The molecule has 0 aliphatic rings. The van der Waals surface area contributed by atoms with Gasteiger partial charge < -0.3 is 16.8 Å². The van der Waals surface area contributed by atoms with Crippen LogP contribution in [-0.4, -0.2) is 27.4 Å². The topological polar surface area (TPSA) is 144 Å². The summed E-state index contributed by atoms with van der Waals surface area (Å²) in [7, 11) is 0. The lowest BCUT2D eigenvalue weighted by molar-refractivity contribution is 0.0958. The molecule has 2 aromatic carbocycles. The van der Waals surface area contributed by atoms with Crippen LogP contribution in [0.15, 0.2) is 54.9 Å². The molecule has 172 valence electrons. The Balaban J connectivity index is 0.000000271. The number of rotatable bonds is 4. The number of halogens is 1. The van der Waals surface area contributed by atoms with Gasteiger partial charge >= 0.3 is 0 Å². The van der Waals surface area contributed by atoms with Crippen molar-refractivity contribution in [2.45, 2.75) is 20.3 Å². The van der Waals surface area contributed by atoms with Crippen LogP contribution in [0.3, 0.4) is 0 Å². The van der Waals surface area contributed by atoms with Crippen LogP contribution in [0, 0.1) is 17.1 Å². The maximum atomic E-state index is 13.8. The van der Waals surface area contributed by atoms with E-state index in [-0.39, 0.29) is 28.9 Å². The summed E-state index contributed by atoms with van der Waals surface area (Å²) in [5.74, 6) is -0.341. The minimum atomic E-state index is -0.377. The summed E-state index contributed by atoms with van der Waals surface area (Å²) in [5, 5.41) is 11.8. The van der Waals surface area contributed by atoms with Crippen LogP contribution in [0.5, 0.6) is 0 Å². The molecule has 2 aromatic heterocycles. The fraction of sp³-hybridized carbons (Fsp3) is 0.160. The first kappa shape index (κ1) is 24.1. The molecule has 0 bridgehead atoms. The van der Waals surface area contributed by atoms with Crippen molar-refractivity contribution in [1.82, 2.24) is 20.3 Å². The first-order chi connectivity index (χ1) is 16.4. The number of nitriles is 1. The van der Waals surface area contributed by atoms with Crippen molar-refractivity contribution in [2.75, 3.05) is 18.0 Å². The van der Waals surface area contributed by atoms with Gasteiger partial charge in [0.05, 0.1) is 11.1 Å². The van der Waals surface area contributed by atoms with Crippen molar-refractivity contribution in [2.24, 2.45) is 0 Å². The summed E-state index contributed by atoms with van der Waals surface area (Å²) in [6, 6.07) is 15.8. The number of aromatic nitrogens is 3. The fourth-order valence-electron chi connectivity index (χ4n) is 3.47. The lowest BCUT2D eigenvalue weighted by atomic mass is 9.93. The zero-order valence-corrected chi connectivity index (χ0v) is 18.8. The second kappa shape index (κ2) is 10.8. The van der Waals surface area contributed by atoms with Crippen LogP contribution < -0.4 is 16.8 Å². The normalized spacial score (nSPS) is 10.2. The first-order valence-corrected chi connectivity index (χ1v) is 10.6. The first-order valence-electron chi connectivity index (χ1n) is 10.6. The molecule has 0 spiro atoms. The van der Waals surface area contributed by atoms with Gasteiger partial charge in [0.1, 0.15) is 35.4 Å². The molecule has 0 saturated heterocycles. The van der Waals surface area contributed by atoms with Crippen molar-refractivity contribution in [3.8, 4) is 17.2 Å². The molecular formula is C25H24FN7O. The standard InChI is InChI=1S/C20H19FN2O.C5H5N5/c1-3-16-18(13-8-6-5-7-9-13)19(20(24)22-4-2)15-12-14(21)10-11-17(15)23-16;6-1-3-4(7)9-2-10-5(3)8/h5-12H,3-4H2,1-2H3,(H,22,24);2H,(H4,7,8,9,10). The number of nitrogen functional groups attached to an aromatic ring is 2. The largest absolute Gasteiger partial charge is 0.382 e. The number of nitrogens with zero attached hydrogens (tertiary/aromatic N) is 4. The van der Waals surface area contributed by atoms with Crippen LogP contribution >= 0.6 is 0 Å². The average molecular weight is 458 g/mol. The van der Waals surface area contributed by atoms with E-state index in [9.17, 15) is 9.18 Å². The highest BCUT2D eigenvalue weighted by Gasteiger charge is 2.21. The Bertz CT molecular complexity index is 1350. The van der Waals surface area contributed by atoms with Gasteiger partial charge in [-0.3, -0.25) is 9.78 Å². The number of carbonyl (C=O) groups excluding carboxylic acids is 1. The highest BCUT2D eigenvalue weighted by Crippen LogP contribution is 2.33. The Hall–Kier alpha value is -4.58. The lowest BCUT2D eigenvalue weighted by Gasteiger charge is -2.16. The number of nitrogens with one attached hydrogen (secondary N) is 1. The van der Waals surface area contributed by atoms with E-state index >= 15 is 0 Å². The molecule has 0 saturated carbocycles. The Morgan fingerprint density at radius 2 is 1.76 bits per heavy atom. The van der Waals surface area contributed by atoms with Crippen LogP contribution in [0.1, 0.15) is 35.5 Å². The number of fused-ring (bicyclic) bond motifs is 1. The molecule has 4 rings (SSSR count). The number of carbonyl (C=O) groups is 1. The van der Waals surface area contributed by atoms with Gasteiger partial charge in [0.25, 0.3) is 5.91 Å². The molecule has 34 heavy (non-hydrogen) atoms. The molecule has 4 aromatic rings. The van der Waals surface area contributed by atoms with Gasteiger partial charge in [-0.1, -0.05) is 37.3 Å². The molecule has 0 aliphatic heterocycles. The van der Waals surface area contributed by atoms with E-state index in [0.717, 1.165) is 16.8 Å². The van der Waals surface area contributed by atoms with Crippen LogP contribution in [0.4, 0.5) is 16.0 Å². The Morgan fingerprint density at radius 3 is 2.32 bits per heavy atom.